The maximum absolute atomic E-state index is 12.2. The summed E-state index contributed by atoms with van der Waals surface area (Å²) in [7, 11) is 0. The van der Waals surface area contributed by atoms with Crippen LogP contribution in [0.5, 0.6) is 0 Å². The van der Waals surface area contributed by atoms with Crippen LogP contribution in [0.2, 0.25) is 0 Å². The average molecular weight is 347 g/mol. The lowest BCUT2D eigenvalue weighted by Gasteiger charge is -2.23. The second-order valence-corrected chi connectivity index (χ2v) is 7.12. The van der Waals surface area contributed by atoms with E-state index < -0.39 is 0 Å². The van der Waals surface area contributed by atoms with Crippen LogP contribution in [0.1, 0.15) is 41.9 Å². The van der Waals surface area contributed by atoms with Gasteiger partial charge < -0.3 is 10.6 Å². The molecular formula is C17H25N5OS. The third-order valence-electron chi connectivity index (χ3n) is 4.68. The van der Waals surface area contributed by atoms with Crippen molar-refractivity contribution in [2.45, 2.75) is 39.7 Å². The van der Waals surface area contributed by atoms with Crippen molar-refractivity contribution in [3.05, 3.63) is 16.8 Å². The molecule has 1 fully saturated rings. The zero-order chi connectivity index (χ0) is 17.1. The summed E-state index contributed by atoms with van der Waals surface area (Å²) in [5.41, 5.74) is 0.961. The van der Waals surface area contributed by atoms with E-state index in [0.29, 0.717) is 12.6 Å². The summed E-state index contributed by atoms with van der Waals surface area (Å²) in [5.74, 6) is 0.809. The number of hydrogen-bond donors (Lipinski definition) is 2. The predicted octanol–water partition coefficient (Wildman–Crippen LogP) is 2.65. The number of fused-ring (bicyclic) bond motifs is 1. The Bertz CT molecular complexity index is 729. The molecule has 3 heterocycles. The minimum Gasteiger partial charge on any atom is -0.368 e. The maximum atomic E-state index is 12.2. The Labute approximate surface area is 146 Å². The van der Waals surface area contributed by atoms with E-state index in [1.165, 1.54) is 30.7 Å². The Morgan fingerprint density at radius 2 is 2.25 bits per heavy atom. The fourth-order valence-electron chi connectivity index (χ4n) is 3.42. The van der Waals surface area contributed by atoms with Crippen LogP contribution in [0.3, 0.4) is 0 Å². The summed E-state index contributed by atoms with van der Waals surface area (Å²) in [5, 5.41) is 7.35. The number of rotatable bonds is 6. The topological polar surface area (TPSA) is 70.1 Å². The van der Waals surface area contributed by atoms with E-state index in [0.717, 1.165) is 39.6 Å². The molecule has 1 aliphatic heterocycles. The summed E-state index contributed by atoms with van der Waals surface area (Å²) >= 11 is 1.44. The number of aryl methyl sites for hydroxylation is 1. The van der Waals surface area contributed by atoms with E-state index in [9.17, 15) is 4.79 Å². The highest BCUT2D eigenvalue weighted by molar-refractivity contribution is 7.20. The van der Waals surface area contributed by atoms with Gasteiger partial charge >= 0.3 is 0 Å². The van der Waals surface area contributed by atoms with E-state index in [1.54, 1.807) is 6.33 Å². The molecule has 0 spiro atoms. The lowest BCUT2D eigenvalue weighted by molar-refractivity contribution is 0.0959. The number of anilines is 1. The predicted molar refractivity (Wildman–Crippen MR) is 98.9 cm³/mol. The van der Waals surface area contributed by atoms with Crippen molar-refractivity contribution >= 4 is 33.3 Å². The Morgan fingerprint density at radius 3 is 3.00 bits per heavy atom. The molecule has 1 unspecified atom stereocenters. The van der Waals surface area contributed by atoms with Gasteiger partial charge in [0.05, 0.1) is 10.3 Å². The Balaban J connectivity index is 1.84. The SMILES string of the molecule is CCNC(=O)c1sc2ncnc(NCC3CCCN3CC)c2c1C. The zero-order valence-corrected chi connectivity index (χ0v) is 15.4. The van der Waals surface area contributed by atoms with Crippen LogP contribution < -0.4 is 10.6 Å². The average Bonchev–Trinajstić information content (AvgIpc) is 3.17. The third-order valence-corrected chi connectivity index (χ3v) is 5.88. The first-order valence-corrected chi connectivity index (χ1v) is 9.47. The first-order chi connectivity index (χ1) is 11.7. The smallest absolute Gasteiger partial charge is 0.261 e. The molecule has 6 nitrogen and oxygen atoms in total. The molecule has 0 aromatic carbocycles. The van der Waals surface area contributed by atoms with Crippen molar-refractivity contribution in [1.82, 2.24) is 20.2 Å². The molecule has 3 rings (SSSR count). The summed E-state index contributed by atoms with van der Waals surface area (Å²) < 4.78 is 0. The summed E-state index contributed by atoms with van der Waals surface area (Å²) in [4.78, 5) is 25.1. The summed E-state index contributed by atoms with van der Waals surface area (Å²) in [6, 6.07) is 0.557. The highest BCUT2D eigenvalue weighted by atomic mass is 32.1. The molecule has 1 amide bonds. The molecule has 2 N–H and O–H groups in total. The molecular weight excluding hydrogens is 322 g/mol. The van der Waals surface area contributed by atoms with Crippen molar-refractivity contribution in [1.29, 1.82) is 0 Å². The number of carbonyl (C=O) groups is 1. The number of likely N-dealkylation sites (tertiary alicyclic amines) is 1. The van der Waals surface area contributed by atoms with Crippen LogP contribution >= 0.6 is 11.3 Å². The van der Waals surface area contributed by atoms with E-state index in [1.807, 2.05) is 13.8 Å². The standard InChI is InChI=1S/C17H25N5OS/c1-4-18-16(23)14-11(3)13-15(20-10-21-17(13)24-14)19-9-12-7-6-8-22(12)5-2/h10,12H,4-9H2,1-3H3,(H,18,23)(H,19,20,21). The quantitative estimate of drug-likeness (QED) is 0.841. The number of carbonyl (C=O) groups excluding carboxylic acids is 1. The lowest BCUT2D eigenvalue weighted by Crippen LogP contribution is -2.34. The largest absolute Gasteiger partial charge is 0.368 e. The van der Waals surface area contributed by atoms with Gasteiger partial charge in [-0.15, -0.1) is 11.3 Å². The summed E-state index contributed by atoms with van der Waals surface area (Å²) in [6.45, 7) is 9.89. The lowest BCUT2D eigenvalue weighted by atomic mass is 10.2. The van der Waals surface area contributed by atoms with Crippen molar-refractivity contribution in [3.63, 3.8) is 0 Å². The fourth-order valence-corrected chi connectivity index (χ4v) is 4.49. The molecule has 0 aliphatic carbocycles. The molecule has 1 aliphatic rings. The number of amides is 1. The first-order valence-electron chi connectivity index (χ1n) is 8.65. The van der Waals surface area contributed by atoms with Crippen molar-refractivity contribution in [2.75, 3.05) is 31.5 Å². The molecule has 0 radical (unpaired) electrons. The van der Waals surface area contributed by atoms with Crippen LogP contribution in [-0.4, -0.2) is 53.0 Å². The zero-order valence-electron chi connectivity index (χ0n) is 14.6. The molecule has 0 saturated carbocycles. The van der Waals surface area contributed by atoms with Crippen LogP contribution in [0, 0.1) is 6.92 Å². The molecule has 1 saturated heterocycles. The third kappa shape index (κ3) is 3.23. The van der Waals surface area contributed by atoms with Crippen LogP contribution in [0.25, 0.3) is 10.2 Å². The maximum Gasteiger partial charge on any atom is 0.261 e. The second kappa shape index (κ2) is 7.44. The Hall–Kier alpha value is -1.73. The number of thiophene rings is 1. The number of nitrogens with zero attached hydrogens (tertiary/aromatic N) is 3. The van der Waals surface area contributed by atoms with Gasteiger partial charge in [0.15, 0.2) is 0 Å². The normalized spacial score (nSPS) is 18.2. The van der Waals surface area contributed by atoms with E-state index >= 15 is 0 Å². The Morgan fingerprint density at radius 1 is 1.42 bits per heavy atom. The van der Waals surface area contributed by atoms with Crippen molar-refractivity contribution in [3.8, 4) is 0 Å². The molecule has 7 heteroatoms. The van der Waals surface area contributed by atoms with Crippen molar-refractivity contribution in [2.24, 2.45) is 0 Å². The fraction of sp³-hybridized carbons (Fsp3) is 0.588. The number of hydrogen-bond acceptors (Lipinski definition) is 6. The minimum atomic E-state index is -0.0306. The monoisotopic (exact) mass is 347 g/mol. The summed E-state index contributed by atoms with van der Waals surface area (Å²) in [6.07, 6.45) is 4.06. The van der Waals surface area contributed by atoms with Crippen LogP contribution in [0.4, 0.5) is 5.82 Å². The number of nitrogens with one attached hydrogen (secondary N) is 2. The first kappa shape index (κ1) is 17.1. The van der Waals surface area contributed by atoms with Gasteiger partial charge in [-0.05, 0) is 45.3 Å². The van der Waals surface area contributed by atoms with Crippen LogP contribution in [0.15, 0.2) is 6.33 Å². The molecule has 24 heavy (non-hydrogen) atoms. The number of likely N-dealkylation sites (N-methyl/N-ethyl adjacent to an activating group) is 1. The van der Waals surface area contributed by atoms with Gasteiger partial charge in [0.1, 0.15) is 17.0 Å². The second-order valence-electron chi connectivity index (χ2n) is 6.12. The number of aromatic nitrogens is 2. The van der Waals surface area contributed by atoms with Gasteiger partial charge in [0.2, 0.25) is 0 Å². The molecule has 1 atom stereocenters. The molecule has 2 aromatic heterocycles. The van der Waals surface area contributed by atoms with Gasteiger partial charge in [-0.2, -0.15) is 0 Å². The highest BCUT2D eigenvalue weighted by Gasteiger charge is 2.24. The molecule has 2 aromatic rings. The van der Waals surface area contributed by atoms with Gasteiger partial charge in [-0.25, -0.2) is 9.97 Å². The van der Waals surface area contributed by atoms with E-state index in [2.05, 4.69) is 32.4 Å². The molecule has 0 bridgehead atoms. The van der Waals surface area contributed by atoms with Gasteiger partial charge in [0, 0.05) is 19.1 Å². The van der Waals surface area contributed by atoms with Crippen LogP contribution in [-0.2, 0) is 0 Å². The van der Waals surface area contributed by atoms with Crippen molar-refractivity contribution < 1.29 is 4.79 Å². The highest BCUT2D eigenvalue weighted by Crippen LogP contribution is 2.33. The van der Waals surface area contributed by atoms with E-state index in [4.69, 9.17) is 0 Å². The van der Waals surface area contributed by atoms with Gasteiger partial charge in [-0.1, -0.05) is 6.92 Å². The minimum absolute atomic E-state index is 0.0306. The van der Waals surface area contributed by atoms with E-state index in [-0.39, 0.29) is 5.91 Å². The molecule has 130 valence electrons. The van der Waals surface area contributed by atoms with Gasteiger partial charge in [-0.3, -0.25) is 9.69 Å². The van der Waals surface area contributed by atoms with Gasteiger partial charge in [0.25, 0.3) is 5.91 Å². The Kier molecular flexibility index (Phi) is 5.30.